The van der Waals surface area contributed by atoms with Crippen molar-refractivity contribution in [3.63, 3.8) is 0 Å². The van der Waals surface area contributed by atoms with Crippen molar-refractivity contribution >= 4 is 46.6 Å². The number of thioether (sulfide) groups is 1. The van der Waals surface area contributed by atoms with Crippen molar-refractivity contribution in [3.05, 3.63) is 104 Å². The van der Waals surface area contributed by atoms with Crippen molar-refractivity contribution < 1.29 is 9.53 Å². The molecule has 1 aromatic heterocycles. The fourth-order valence-corrected chi connectivity index (χ4v) is 4.54. The normalized spacial score (nSPS) is 10.6. The number of methoxy groups -OCH3 is 1. The number of aromatic nitrogens is 2. The number of carbonyl (C=O) groups is 1. The van der Waals surface area contributed by atoms with Gasteiger partial charge in [-0.05, 0) is 48.0 Å². The molecule has 3 aromatic carbocycles. The predicted octanol–water partition coefficient (Wildman–Crippen LogP) is 5.44. The van der Waals surface area contributed by atoms with E-state index in [-0.39, 0.29) is 16.3 Å². The van der Waals surface area contributed by atoms with E-state index in [1.165, 1.54) is 31.0 Å². The van der Waals surface area contributed by atoms with Crippen LogP contribution < -0.4 is 21.1 Å². The summed E-state index contributed by atoms with van der Waals surface area (Å²) in [7, 11) is 1.53. The van der Waals surface area contributed by atoms with E-state index < -0.39 is 11.5 Å². The molecule has 3 N–H and O–H groups in total. The number of hydrogen-bond acceptors (Lipinski definition) is 7. The van der Waals surface area contributed by atoms with Gasteiger partial charge in [-0.3, -0.25) is 9.59 Å². The summed E-state index contributed by atoms with van der Waals surface area (Å²) in [5.74, 6) is 6.63. The lowest BCUT2D eigenvalue weighted by molar-refractivity contribution is 0.0987. The third kappa shape index (κ3) is 5.96. The van der Waals surface area contributed by atoms with Gasteiger partial charge in [0.1, 0.15) is 17.4 Å². The number of rotatable bonds is 7. The van der Waals surface area contributed by atoms with E-state index in [0.717, 1.165) is 10.6 Å². The lowest BCUT2D eigenvalue weighted by atomic mass is 10.1. The Balaban J connectivity index is 1.56. The molecule has 37 heavy (non-hydrogen) atoms. The monoisotopic (exact) mass is 551 g/mol. The van der Waals surface area contributed by atoms with Gasteiger partial charge in [0.15, 0.2) is 5.16 Å². The number of amides is 1. The zero-order valence-electron chi connectivity index (χ0n) is 19.4. The second-order valence-corrected chi connectivity index (χ2v) is 9.48. The van der Waals surface area contributed by atoms with Crippen LogP contribution in [-0.2, 0) is 5.75 Å². The number of nitrogens with two attached hydrogens (primary N) is 1. The van der Waals surface area contributed by atoms with E-state index in [2.05, 4.69) is 9.97 Å². The predicted molar refractivity (Wildman–Crippen MR) is 145 cm³/mol. The molecule has 0 aliphatic rings. The number of hydrazine groups is 1. The molecular formula is C26H19Cl2N5O3S. The van der Waals surface area contributed by atoms with E-state index in [1.807, 2.05) is 12.1 Å². The van der Waals surface area contributed by atoms with Crippen LogP contribution in [0.15, 0.2) is 76.7 Å². The Hall–Kier alpha value is -3.81. The molecule has 0 radical (unpaired) electrons. The van der Waals surface area contributed by atoms with Gasteiger partial charge in [-0.1, -0.05) is 59.2 Å². The summed E-state index contributed by atoms with van der Waals surface area (Å²) in [6.45, 7) is 0. The molecule has 0 fully saturated rings. The van der Waals surface area contributed by atoms with Crippen molar-refractivity contribution in [2.24, 2.45) is 5.84 Å². The van der Waals surface area contributed by atoms with Gasteiger partial charge in [0.25, 0.3) is 11.5 Å². The highest BCUT2D eigenvalue weighted by Gasteiger charge is 2.17. The molecule has 0 spiro atoms. The third-order valence-corrected chi connectivity index (χ3v) is 6.99. The summed E-state index contributed by atoms with van der Waals surface area (Å²) in [6, 6.07) is 20.5. The third-order valence-electron chi connectivity index (χ3n) is 5.30. The molecule has 8 nitrogen and oxygen atoms in total. The Morgan fingerprint density at radius 1 is 1.14 bits per heavy atom. The smallest absolute Gasteiger partial charge is 0.272 e. The first-order valence-corrected chi connectivity index (χ1v) is 12.5. The van der Waals surface area contributed by atoms with Gasteiger partial charge in [-0.25, -0.2) is 15.8 Å². The Kier molecular flexibility index (Phi) is 8.16. The molecule has 0 bridgehead atoms. The van der Waals surface area contributed by atoms with Crippen molar-refractivity contribution in [2.45, 2.75) is 10.9 Å². The molecule has 0 saturated heterocycles. The first-order valence-electron chi connectivity index (χ1n) is 10.8. The highest BCUT2D eigenvalue weighted by atomic mass is 35.5. The molecule has 0 unspecified atom stereocenters. The minimum atomic E-state index is -0.535. The number of aromatic amines is 1. The lowest BCUT2D eigenvalue weighted by Crippen LogP contribution is -2.37. The van der Waals surface area contributed by atoms with Crippen LogP contribution in [0.25, 0.3) is 11.3 Å². The van der Waals surface area contributed by atoms with Crippen molar-refractivity contribution in [1.29, 1.82) is 5.26 Å². The standard InChI is InChI=1S/C26H19Cl2N5O3S/c1-36-19-7-3-5-16(11-19)23-20(13-29)24(34)32-26(31-23)37-14-15-4-2-6-18(10-15)33(30)25(35)17-8-9-21(27)22(28)12-17/h2-12H,14,30H2,1H3,(H,31,32,34). The highest BCUT2D eigenvalue weighted by molar-refractivity contribution is 7.98. The number of anilines is 1. The molecule has 0 aliphatic carbocycles. The van der Waals surface area contributed by atoms with Gasteiger partial charge in [0, 0.05) is 16.9 Å². The van der Waals surface area contributed by atoms with E-state index >= 15 is 0 Å². The first-order chi connectivity index (χ1) is 17.8. The van der Waals surface area contributed by atoms with E-state index in [9.17, 15) is 14.9 Å². The Morgan fingerprint density at radius 3 is 2.65 bits per heavy atom. The number of carbonyl (C=O) groups excluding carboxylic acids is 1. The molecule has 4 rings (SSSR count). The minimum absolute atomic E-state index is 0.0841. The van der Waals surface area contributed by atoms with Crippen LogP contribution in [0.3, 0.4) is 0 Å². The second-order valence-electron chi connectivity index (χ2n) is 7.70. The topological polar surface area (TPSA) is 125 Å². The summed E-state index contributed by atoms with van der Waals surface area (Å²) in [5.41, 5.74) is 1.82. The fourth-order valence-electron chi connectivity index (χ4n) is 3.44. The van der Waals surface area contributed by atoms with Crippen LogP contribution in [0.1, 0.15) is 21.5 Å². The van der Waals surface area contributed by atoms with Crippen LogP contribution in [0.4, 0.5) is 5.69 Å². The maximum Gasteiger partial charge on any atom is 0.272 e. The van der Waals surface area contributed by atoms with Crippen molar-refractivity contribution in [1.82, 2.24) is 9.97 Å². The van der Waals surface area contributed by atoms with Crippen LogP contribution in [0.5, 0.6) is 5.75 Å². The summed E-state index contributed by atoms with van der Waals surface area (Å²) < 4.78 is 5.25. The Labute approximate surface area is 226 Å². The molecular weight excluding hydrogens is 533 g/mol. The van der Waals surface area contributed by atoms with Crippen LogP contribution in [0.2, 0.25) is 10.0 Å². The number of hydrogen-bond donors (Lipinski definition) is 2. The maximum atomic E-state index is 12.8. The van der Waals surface area contributed by atoms with E-state index in [4.69, 9.17) is 33.8 Å². The number of nitrogens with zero attached hydrogens (tertiary/aromatic N) is 3. The van der Waals surface area contributed by atoms with Gasteiger partial charge in [0.2, 0.25) is 0 Å². The van der Waals surface area contributed by atoms with Crippen LogP contribution in [0, 0.1) is 11.3 Å². The average molecular weight is 552 g/mol. The zero-order valence-corrected chi connectivity index (χ0v) is 21.7. The largest absolute Gasteiger partial charge is 0.497 e. The Bertz CT molecular complexity index is 1590. The molecule has 0 aliphatic heterocycles. The molecule has 186 valence electrons. The number of ether oxygens (including phenoxy) is 1. The number of benzene rings is 3. The SMILES string of the molecule is COc1cccc(-c2nc(SCc3cccc(N(N)C(=O)c4ccc(Cl)c(Cl)c4)c3)[nH]c(=O)c2C#N)c1. The van der Waals surface area contributed by atoms with E-state index in [1.54, 1.807) is 48.5 Å². The van der Waals surface area contributed by atoms with Crippen molar-refractivity contribution in [3.8, 4) is 23.1 Å². The molecule has 11 heteroatoms. The first kappa shape index (κ1) is 26.3. The molecule has 4 aromatic rings. The average Bonchev–Trinajstić information content (AvgIpc) is 2.92. The summed E-state index contributed by atoms with van der Waals surface area (Å²) >= 11 is 13.2. The van der Waals surface area contributed by atoms with Gasteiger partial charge < -0.3 is 9.72 Å². The quantitative estimate of drug-likeness (QED) is 0.103. The zero-order chi connectivity index (χ0) is 26.5. The number of nitrogens with one attached hydrogen (secondary N) is 1. The van der Waals surface area contributed by atoms with E-state index in [0.29, 0.717) is 38.5 Å². The number of nitriles is 1. The highest BCUT2D eigenvalue weighted by Crippen LogP contribution is 2.28. The fraction of sp³-hybridized carbons (Fsp3) is 0.0769. The second kappa shape index (κ2) is 11.5. The van der Waals surface area contributed by atoms with Gasteiger partial charge >= 0.3 is 0 Å². The summed E-state index contributed by atoms with van der Waals surface area (Å²) in [6.07, 6.45) is 0. The van der Waals surface area contributed by atoms with Gasteiger partial charge in [-0.2, -0.15) is 5.26 Å². The Morgan fingerprint density at radius 2 is 1.92 bits per heavy atom. The maximum absolute atomic E-state index is 12.8. The van der Waals surface area contributed by atoms with Crippen LogP contribution >= 0.6 is 35.0 Å². The molecule has 0 atom stereocenters. The molecule has 1 heterocycles. The number of H-pyrrole nitrogens is 1. The minimum Gasteiger partial charge on any atom is -0.497 e. The molecule has 1 amide bonds. The summed E-state index contributed by atoms with van der Waals surface area (Å²) in [4.78, 5) is 32.6. The number of halogens is 2. The van der Waals surface area contributed by atoms with Gasteiger partial charge in [0.05, 0.1) is 28.5 Å². The van der Waals surface area contributed by atoms with Gasteiger partial charge in [-0.15, -0.1) is 0 Å². The summed E-state index contributed by atoms with van der Waals surface area (Å²) in [5, 5.41) is 11.5. The van der Waals surface area contributed by atoms with Crippen molar-refractivity contribution in [2.75, 3.05) is 12.1 Å². The van der Waals surface area contributed by atoms with Crippen LogP contribution in [-0.4, -0.2) is 23.0 Å². The molecule has 0 saturated carbocycles. The lowest BCUT2D eigenvalue weighted by Gasteiger charge is -2.18.